The van der Waals surface area contributed by atoms with Gasteiger partial charge in [0.05, 0.1) is 6.61 Å². The number of aliphatic hydroxyl groups excluding tert-OH is 2. The molecule has 0 aromatic rings. The van der Waals surface area contributed by atoms with Gasteiger partial charge in [0.25, 0.3) is 0 Å². The van der Waals surface area contributed by atoms with Gasteiger partial charge in [0.15, 0.2) is 6.29 Å². The van der Waals surface area contributed by atoms with Gasteiger partial charge in [-0.1, -0.05) is 0 Å². The fourth-order valence-corrected chi connectivity index (χ4v) is 1.64. The first-order valence-corrected chi connectivity index (χ1v) is 3.90. The monoisotopic (exact) mass is 176 g/mol. The molecule has 0 aromatic heterocycles. The van der Waals surface area contributed by atoms with Crippen LogP contribution in [0.4, 0.5) is 0 Å². The van der Waals surface area contributed by atoms with Gasteiger partial charge in [0, 0.05) is 7.11 Å². The van der Waals surface area contributed by atoms with Crippen molar-refractivity contribution in [3.63, 3.8) is 0 Å². The van der Waals surface area contributed by atoms with Crippen molar-refractivity contribution < 1.29 is 24.4 Å². The Morgan fingerprint density at radius 3 is 2.75 bits per heavy atom. The van der Waals surface area contributed by atoms with Crippen molar-refractivity contribution >= 4 is 0 Å². The van der Waals surface area contributed by atoms with Gasteiger partial charge in [-0.25, -0.2) is 0 Å². The van der Waals surface area contributed by atoms with Gasteiger partial charge in [-0.15, -0.1) is 0 Å². The van der Waals surface area contributed by atoms with E-state index in [2.05, 4.69) is 0 Å². The molecule has 0 aromatic carbocycles. The molecular weight excluding hydrogens is 164 g/mol. The summed E-state index contributed by atoms with van der Waals surface area (Å²) in [7, 11) is 1.45. The summed E-state index contributed by atoms with van der Waals surface area (Å²) in [6.45, 7) is 0.322. The van der Waals surface area contributed by atoms with E-state index in [0.29, 0.717) is 6.61 Å². The first kappa shape index (κ1) is 8.40. The van der Waals surface area contributed by atoms with Crippen molar-refractivity contribution in [2.75, 3.05) is 13.7 Å². The van der Waals surface area contributed by atoms with Gasteiger partial charge in [0.1, 0.15) is 24.4 Å². The van der Waals surface area contributed by atoms with Gasteiger partial charge in [-0.2, -0.15) is 0 Å². The van der Waals surface area contributed by atoms with E-state index in [1.165, 1.54) is 7.11 Å². The second kappa shape index (κ2) is 2.93. The highest BCUT2D eigenvalue weighted by Gasteiger charge is 2.50. The zero-order valence-electron chi connectivity index (χ0n) is 6.71. The molecular formula is C7H12O5. The fraction of sp³-hybridized carbons (Fsp3) is 1.00. The van der Waals surface area contributed by atoms with Crippen molar-refractivity contribution in [2.24, 2.45) is 0 Å². The third kappa shape index (κ3) is 1.06. The molecule has 70 valence electrons. The quantitative estimate of drug-likeness (QED) is 0.507. The lowest BCUT2D eigenvalue weighted by Gasteiger charge is -2.33. The number of hydrogen-bond donors (Lipinski definition) is 2. The van der Waals surface area contributed by atoms with E-state index >= 15 is 0 Å². The van der Waals surface area contributed by atoms with Crippen LogP contribution in [-0.2, 0) is 14.2 Å². The molecule has 2 bridgehead atoms. The van der Waals surface area contributed by atoms with E-state index in [1.54, 1.807) is 0 Å². The van der Waals surface area contributed by atoms with E-state index in [1.807, 2.05) is 0 Å². The molecule has 2 aliphatic heterocycles. The highest BCUT2D eigenvalue weighted by molar-refractivity contribution is 4.94. The van der Waals surface area contributed by atoms with Crippen LogP contribution in [-0.4, -0.2) is 54.6 Å². The van der Waals surface area contributed by atoms with Crippen LogP contribution in [0.1, 0.15) is 0 Å². The second-order valence-corrected chi connectivity index (χ2v) is 3.06. The second-order valence-electron chi connectivity index (χ2n) is 3.06. The van der Waals surface area contributed by atoms with Gasteiger partial charge in [-0.3, -0.25) is 0 Å². The predicted molar refractivity (Wildman–Crippen MR) is 37.4 cm³/mol. The molecule has 0 aliphatic carbocycles. The van der Waals surface area contributed by atoms with E-state index in [0.717, 1.165) is 0 Å². The molecule has 0 spiro atoms. The Labute approximate surface area is 69.8 Å². The molecule has 0 saturated carbocycles. The molecule has 5 nitrogen and oxygen atoms in total. The summed E-state index contributed by atoms with van der Waals surface area (Å²) in [5.41, 5.74) is 0. The van der Waals surface area contributed by atoms with Gasteiger partial charge in [0.2, 0.25) is 0 Å². The average molecular weight is 176 g/mol. The molecule has 2 rings (SSSR count). The fourth-order valence-electron chi connectivity index (χ4n) is 1.64. The molecule has 0 amide bonds. The minimum absolute atomic E-state index is 0.322. The lowest BCUT2D eigenvalue weighted by molar-refractivity contribution is -0.253. The summed E-state index contributed by atoms with van der Waals surface area (Å²) in [6, 6.07) is 0. The summed E-state index contributed by atoms with van der Waals surface area (Å²) in [5.74, 6) is 0. The van der Waals surface area contributed by atoms with Crippen molar-refractivity contribution in [3.8, 4) is 0 Å². The average Bonchev–Trinajstić information content (AvgIpc) is 2.31. The molecule has 0 unspecified atom stereocenters. The van der Waals surface area contributed by atoms with Crippen LogP contribution in [0.5, 0.6) is 0 Å². The summed E-state index contributed by atoms with van der Waals surface area (Å²) in [4.78, 5) is 0. The van der Waals surface area contributed by atoms with Crippen molar-refractivity contribution in [2.45, 2.75) is 30.7 Å². The van der Waals surface area contributed by atoms with Crippen molar-refractivity contribution in [1.82, 2.24) is 0 Å². The molecule has 5 heteroatoms. The maximum Gasteiger partial charge on any atom is 0.186 e. The first-order valence-electron chi connectivity index (χ1n) is 3.90. The Morgan fingerprint density at radius 2 is 2.08 bits per heavy atom. The normalized spacial score (nSPS) is 52.8. The van der Waals surface area contributed by atoms with Crippen LogP contribution < -0.4 is 0 Å². The Morgan fingerprint density at radius 1 is 1.33 bits per heavy atom. The maximum absolute atomic E-state index is 9.49. The molecule has 12 heavy (non-hydrogen) atoms. The van der Waals surface area contributed by atoms with Gasteiger partial charge < -0.3 is 24.4 Å². The highest BCUT2D eigenvalue weighted by atomic mass is 16.7. The summed E-state index contributed by atoms with van der Waals surface area (Å²) in [5, 5.41) is 18.9. The standard InChI is InChI=1S/C7H12O5/c1-10-7-5(9)6-4(8)3(12-7)2-11-6/h3-9H,2H2,1H3/t3-,4-,5-,6+,7+/m1/s1. The van der Waals surface area contributed by atoms with Gasteiger partial charge >= 0.3 is 0 Å². The molecule has 5 atom stereocenters. The minimum atomic E-state index is -0.899. The van der Waals surface area contributed by atoms with Crippen LogP contribution in [0.25, 0.3) is 0 Å². The van der Waals surface area contributed by atoms with Crippen LogP contribution in [0.3, 0.4) is 0 Å². The van der Waals surface area contributed by atoms with Crippen LogP contribution in [0.15, 0.2) is 0 Å². The summed E-state index contributed by atoms with van der Waals surface area (Å²) in [6.07, 6.45) is -3.22. The van der Waals surface area contributed by atoms with Crippen LogP contribution >= 0.6 is 0 Å². The van der Waals surface area contributed by atoms with Crippen LogP contribution in [0, 0.1) is 0 Å². The lowest BCUT2D eigenvalue weighted by Crippen LogP contribution is -2.53. The Balaban J connectivity index is 2.12. The maximum atomic E-state index is 9.49. The Bertz CT molecular complexity index is 173. The Kier molecular flexibility index (Phi) is 2.05. The smallest absolute Gasteiger partial charge is 0.186 e. The van der Waals surface area contributed by atoms with E-state index < -0.39 is 24.6 Å². The largest absolute Gasteiger partial charge is 0.387 e. The summed E-state index contributed by atoms with van der Waals surface area (Å²) < 4.78 is 15.2. The predicted octanol–water partition coefficient (Wildman–Crippen LogP) is -1.52. The number of hydrogen-bond acceptors (Lipinski definition) is 5. The van der Waals surface area contributed by atoms with Crippen molar-refractivity contribution in [3.05, 3.63) is 0 Å². The first-order chi connectivity index (χ1) is 5.74. The van der Waals surface area contributed by atoms with E-state index in [9.17, 15) is 10.2 Å². The number of ether oxygens (including phenoxy) is 3. The topological polar surface area (TPSA) is 68.2 Å². The number of rotatable bonds is 1. The zero-order chi connectivity index (χ0) is 8.72. The molecule has 2 fully saturated rings. The molecule has 0 radical (unpaired) electrons. The number of methoxy groups -OCH3 is 1. The lowest BCUT2D eigenvalue weighted by atomic mass is 10.0. The minimum Gasteiger partial charge on any atom is -0.387 e. The number of aliphatic hydroxyl groups is 2. The Hall–Kier alpha value is -0.200. The molecule has 2 heterocycles. The van der Waals surface area contributed by atoms with Crippen LogP contribution in [0.2, 0.25) is 0 Å². The SMILES string of the molecule is CO[C@H]1O[C@@H]2CO[C@H]([C@H]1O)[C@@H]2O. The van der Waals surface area contributed by atoms with E-state index in [-0.39, 0.29) is 6.10 Å². The number of fused-ring (bicyclic) bond motifs is 2. The highest BCUT2D eigenvalue weighted by Crippen LogP contribution is 2.29. The molecule has 2 N–H and O–H groups in total. The molecule has 2 saturated heterocycles. The third-order valence-corrected chi connectivity index (χ3v) is 2.33. The van der Waals surface area contributed by atoms with E-state index in [4.69, 9.17) is 14.2 Å². The third-order valence-electron chi connectivity index (χ3n) is 2.33. The summed E-state index contributed by atoms with van der Waals surface area (Å²) >= 11 is 0. The van der Waals surface area contributed by atoms with Gasteiger partial charge in [-0.05, 0) is 0 Å². The molecule has 2 aliphatic rings. The van der Waals surface area contributed by atoms with Crippen molar-refractivity contribution in [1.29, 1.82) is 0 Å². The zero-order valence-corrected chi connectivity index (χ0v) is 6.71.